The summed E-state index contributed by atoms with van der Waals surface area (Å²) in [6, 6.07) is 9.45. The Hall–Kier alpha value is -2.47. The van der Waals surface area contributed by atoms with Crippen LogP contribution in [0, 0.1) is 17.6 Å². The molecule has 1 saturated heterocycles. The maximum absolute atomic E-state index is 13.9. The average Bonchev–Trinajstić information content (AvgIpc) is 3.09. The van der Waals surface area contributed by atoms with E-state index in [1.165, 1.54) is 12.1 Å². The quantitative estimate of drug-likeness (QED) is 0.575. The van der Waals surface area contributed by atoms with E-state index in [9.17, 15) is 8.78 Å². The molecule has 2 aliphatic heterocycles. The molecule has 0 bridgehead atoms. The summed E-state index contributed by atoms with van der Waals surface area (Å²) in [6.45, 7) is 4.56. The lowest BCUT2D eigenvalue weighted by Gasteiger charge is -2.32. The van der Waals surface area contributed by atoms with Gasteiger partial charge < -0.3 is 9.30 Å². The summed E-state index contributed by atoms with van der Waals surface area (Å²) in [5, 5.41) is 0. The monoisotopic (exact) mass is 411 g/mol. The Morgan fingerprint density at radius 2 is 1.80 bits per heavy atom. The van der Waals surface area contributed by atoms with E-state index < -0.39 is 0 Å². The van der Waals surface area contributed by atoms with E-state index in [0.717, 1.165) is 86.5 Å². The first kappa shape index (κ1) is 19.5. The first-order valence-electron chi connectivity index (χ1n) is 10.9. The van der Waals surface area contributed by atoms with Gasteiger partial charge in [-0.3, -0.25) is 4.90 Å². The minimum Gasteiger partial charge on any atom is -0.494 e. The molecule has 0 radical (unpaired) electrons. The van der Waals surface area contributed by atoms with Crippen molar-refractivity contribution in [3.05, 3.63) is 59.4 Å². The Morgan fingerprint density at radius 1 is 1.00 bits per heavy atom. The molecule has 6 heteroatoms. The number of hydrogen-bond donors (Lipinski definition) is 0. The van der Waals surface area contributed by atoms with E-state index in [0.29, 0.717) is 12.5 Å². The van der Waals surface area contributed by atoms with Crippen molar-refractivity contribution in [3.63, 3.8) is 0 Å². The second-order valence-corrected chi connectivity index (χ2v) is 8.53. The molecular formula is C24H27F2N3O. The maximum Gasteiger partial charge on any atom is 0.125 e. The molecular weight excluding hydrogens is 384 g/mol. The summed E-state index contributed by atoms with van der Waals surface area (Å²) < 4.78 is 34.9. The first-order chi connectivity index (χ1) is 14.7. The van der Waals surface area contributed by atoms with E-state index in [1.54, 1.807) is 24.3 Å². The van der Waals surface area contributed by atoms with Crippen molar-refractivity contribution < 1.29 is 13.5 Å². The number of piperidine rings is 1. The highest BCUT2D eigenvalue weighted by Gasteiger charge is 2.23. The van der Waals surface area contributed by atoms with Crippen LogP contribution in [0.1, 0.15) is 37.1 Å². The number of benzene rings is 2. The fourth-order valence-electron chi connectivity index (χ4n) is 4.85. The SMILES string of the molecule is Fc1ccc(OCCC2CCN(Cc3nc4cc(F)cc5c4n3CCC5)CC2)cc1. The number of hydrogen-bond acceptors (Lipinski definition) is 3. The molecule has 0 saturated carbocycles. The van der Waals surface area contributed by atoms with Gasteiger partial charge in [-0.15, -0.1) is 0 Å². The van der Waals surface area contributed by atoms with Crippen LogP contribution in [-0.4, -0.2) is 34.1 Å². The summed E-state index contributed by atoms with van der Waals surface area (Å²) in [5.41, 5.74) is 3.02. The van der Waals surface area contributed by atoms with Gasteiger partial charge in [0.15, 0.2) is 0 Å². The minimum absolute atomic E-state index is 0.181. The van der Waals surface area contributed by atoms with Crippen LogP contribution in [0.4, 0.5) is 8.78 Å². The van der Waals surface area contributed by atoms with Crippen LogP contribution in [0.5, 0.6) is 5.75 Å². The van der Waals surface area contributed by atoms with Gasteiger partial charge in [-0.25, -0.2) is 13.8 Å². The largest absolute Gasteiger partial charge is 0.494 e. The number of aryl methyl sites for hydroxylation is 2. The van der Waals surface area contributed by atoms with Gasteiger partial charge in [0, 0.05) is 12.6 Å². The molecule has 0 N–H and O–H groups in total. The van der Waals surface area contributed by atoms with Crippen LogP contribution >= 0.6 is 0 Å². The van der Waals surface area contributed by atoms with Crippen LogP contribution in [0.15, 0.2) is 36.4 Å². The fraction of sp³-hybridized carbons (Fsp3) is 0.458. The number of halogens is 2. The Bertz CT molecular complexity index is 1020. The molecule has 0 unspecified atom stereocenters. The second kappa shape index (κ2) is 8.34. The molecule has 3 heterocycles. The van der Waals surface area contributed by atoms with Crippen molar-refractivity contribution in [3.8, 4) is 5.75 Å². The highest BCUT2D eigenvalue weighted by atomic mass is 19.1. The highest BCUT2D eigenvalue weighted by molar-refractivity contribution is 5.80. The first-order valence-corrected chi connectivity index (χ1v) is 10.9. The number of ether oxygens (including phenoxy) is 1. The molecule has 0 aliphatic carbocycles. The van der Waals surface area contributed by atoms with Crippen molar-refractivity contribution in [2.24, 2.45) is 5.92 Å². The van der Waals surface area contributed by atoms with E-state index >= 15 is 0 Å². The summed E-state index contributed by atoms with van der Waals surface area (Å²) in [5.74, 6) is 2.02. The van der Waals surface area contributed by atoms with Gasteiger partial charge in [-0.05, 0) is 87.0 Å². The fourth-order valence-corrected chi connectivity index (χ4v) is 4.85. The Labute approximate surface area is 175 Å². The zero-order valence-corrected chi connectivity index (χ0v) is 17.1. The van der Waals surface area contributed by atoms with Crippen molar-refractivity contribution >= 4 is 11.0 Å². The predicted octanol–water partition coefficient (Wildman–Crippen LogP) is 4.94. The molecule has 1 fully saturated rings. The number of rotatable bonds is 6. The lowest BCUT2D eigenvalue weighted by molar-refractivity contribution is 0.153. The molecule has 158 valence electrons. The normalized spacial score (nSPS) is 17.5. The minimum atomic E-state index is -0.240. The Morgan fingerprint density at radius 3 is 2.60 bits per heavy atom. The summed E-state index contributed by atoms with van der Waals surface area (Å²) >= 11 is 0. The van der Waals surface area contributed by atoms with Crippen LogP contribution in [0.25, 0.3) is 11.0 Å². The molecule has 1 aromatic heterocycles. The maximum atomic E-state index is 13.9. The molecule has 2 aromatic carbocycles. The molecule has 5 rings (SSSR count). The van der Waals surface area contributed by atoms with E-state index in [1.807, 2.05) is 0 Å². The van der Waals surface area contributed by atoms with Crippen molar-refractivity contribution in [2.75, 3.05) is 19.7 Å². The van der Waals surface area contributed by atoms with Gasteiger partial charge in [0.1, 0.15) is 23.2 Å². The van der Waals surface area contributed by atoms with Crippen LogP contribution in [-0.2, 0) is 19.5 Å². The van der Waals surface area contributed by atoms with Gasteiger partial charge >= 0.3 is 0 Å². The Balaban J connectivity index is 1.15. The third kappa shape index (κ3) is 4.06. The topological polar surface area (TPSA) is 30.3 Å². The average molecular weight is 411 g/mol. The van der Waals surface area contributed by atoms with Crippen LogP contribution in [0.2, 0.25) is 0 Å². The predicted molar refractivity (Wildman–Crippen MR) is 113 cm³/mol. The molecule has 0 amide bonds. The summed E-state index contributed by atoms with van der Waals surface area (Å²) in [4.78, 5) is 7.25. The molecule has 4 nitrogen and oxygen atoms in total. The summed E-state index contributed by atoms with van der Waals surface area (Å²) in [6.07, 6.45) is 5.29. The third-order valence-electron chi connectivity index (χ3n) is 6.47. The number of aromatic nitrogens is 2. The number of nitrogens with zero attached hydrogens (tertiary/aromatic N) is 3. The summed E-state index contributed by atoms with van der Waals surface area (Å²) in [7, 11) is 0. The lowest BCUT2D eigenvalue weighted by Crippen LogP contribution is -2.34. The Kier molecular flexibility index (Phi) is 5.42. The molecule has 0 atom stereocenters. The van der Waals surface area contributed by atoms with Gasteiger partial charge in [0.05, 0.1) is 24.2 Å². The zero-order valence-electron chi connectivity index (χ0n) is 17.1. The van der Waals surface area contributed by atoms with Gasteiger partial charge in [-0.2, -0.15) is 0 Å². The van der Waals surface area contributed by atoms with Crippen LogP contribution in [0.3, 0.4) is 0 Å². The van der Waals surface area contributed by atoms with E-state index in [4.69, 9.17) is 9.72 Å². The van der Waals surface area contributed by atoms with Gasteiger partial charge in [0.2, 0.25) is 0 Å². The number of likely N-dealkylation sites (tertiary alicyclic amines) is 1. The molecule has 2 aliphatic rings. The second-order valence-electron chi connectivity index (χ2n) is 8.53. The van der Waals surface area contributed by atoms with E-state index in [-0.39, 0.29) is 11.6 Å². The molecule has 0 spiro atoms. The zero-order chi connectivity index (χ0) is 20.5. The van der Waals surface area contributed by atoms with Gasteiger partial charge in [-0.1, -0.05) is 0 Å². The standard InChI is InChI=1S/C24H27F2N3O/c25-19-3-5-21(6-4-19)30-13-9-17-7-11-28(12-8-17)16-23-27-22-15-20(26)14-18-2-1-10-29(23)24(18)22/h3-6,14-15,17H,1-2,7-13,16H2. The molecule has 3 aromatic rings. The number of imidazole rings is 1. The highest BCUT2D eigenvalue weighted by Crippen LogP contribution is 2.29. The smallest absolute Gasteiger partial charge is 0.125 e. The van der Waals surface area contributed by atoms with Crippen molar-refractivity contribution in [1.82, 2.24) is 14.5 Å². The third-order valence-corrected chi connectivity index (χ3v) is 6.47. The lowest BCUT2D eigenvalue weighted by atomic mass is 9.94. The van der Waals surface area contributed by atoms with Gasteiger partial charge in [0.25, 0.3) is 0 Å². The molecule has 30 heavy (non-hydrogen) atoms. The van der Waals surface area contributed by atoms with E-state index in [2.05, 4.69) is 9.47 Å². The van der Waals surface area contributed by atoms with Crippen LogP contribution < -0.4 is 4.74 Å². The van der Waals surface area contributed by atoms with Crippen molar-refractivity contribution in [2.45, 2.75) is 45.2 Å². The van der Waals surface area contributed by atoms with Crippen molar-refractivity contribution in [1.29, 1.82) is 0 Å².